The first-order valence-electron chi connectivity index (χ1n) is 18.2. The quantitative estimate of drug-likeness (QED) is 0.0945. The average molecular weight is 718 g/mol. The molecule has 2 bridgehead atoms. The number of nitrogens with zero attached hydrogens (tertiary/aromatic N) is 1. The first-order chi connectivity index (χ1) is 24.7. The summed E-state index contributed by atoms with van der Waals surface area (Å²) < 4.78 is 7.73. The highest BCUT2D eigenvalue weighted by Gasteiger charge is 2.56. The second kappa shape index (κ2) is 15.1. The van der Waals surface area contributed by atoms with Gasteiger partial charge in [-0.25, -0.2) is 4.98 Å². The van der Waals surface area contributed by atoms with Gasteiger partial charge in [-0.3, -0.25) is 4.79 Å². The summed E-state index contributed by atoms with van der Waals surface area (Å²) in [5.41, 5.74) is 6.20. The second-order valence-electron chi connectivity index (χ2n) is 14.6. The van der Waals surface area contributed by atoms with Crippen LogP contribution in [0.1, 0.15) is 92.3 Å². The Kier molecular flexibility index (Phi) is 10.5. The molecule has 7 heteroatoms. The molecular formula is C44H47NO4S2. The average Bonchev–Trinajstić information content (AvgIpc) is 3.67. The molecule has 5 aromatic rings. The van der Waals surface area contributed by atoms with Gasteiger partial charge in [0.1, 0.15) is 5.75 Å². The normalized spacial score (nSPS) is 23.8. The minimum atomic E-state index is -0.970. The molecule has 0 spiro atoms. The molecule has 4 aromatic carbocycles. The number of benzene rings is 4. The lowest BCUT2D eigenvalue weighted by molar-refractivity contribution is -0.0422. The van der Waals surface area contributed by atoms with Gasteiger partial charge in [0, 0.05) is 22.3 Å². The van der Waals surface area contributed by atoms with Gasteiger partial charge in [0.05, 0.1) is 28.5 Å². The Hall–Kier alpha value is -3.75. The van der Waals surface area contributed by atoms with Crippen molar-refractivity contribution in [3.63, 3.8) is 0 Å². The molecule has 3 aliphatic carbocycles. The topological polar surface area (TPSA) is 79.7 Å². The summed E-state index contributed by atoms with van der Waals surface area (Å²) in [6, 6.07) is 30.3. The van der Waals surface area contributed by atoms with E-state index in [0.29, 0.717) is 42.7 Å². The maximum absolute atomic E-state index is 14.5. The summed E-state index contributed by atoms with van der Waals surface area (Å²) >= 11 is 3.28. The third-order valence-corrected chi connectivity index (χ3v) is 13.6. The fraction of sp³-hybridized carbons (Fsp3) is 0.364. The minimum absolute atomic E-state index is 0.0168. The molecule has 4 atom stereocenters. The lowest BCUT2D eigenvalue weighted by Crippen LogP contribution is -2.46. The molecule has 1 heterocycles. The van der Waals surface area contributed by atoms with Gasteiger partial charge in [-0.05, 0) is 111 Å². The Morgan fingerprint density at radius 2 is 1.76 bits per heavy atom. The predicted molar refractivity (Wildman–Crippen MR) is 210 cm³/mol. The molecular weight excluding hydrogens is 671 g/mol. The number of aliphatic hydroxyl groups excluding tert-OH is 1. The van der Waals surface area contributed by atoms with Gasteiger partial charge in [0.2, 0.25) is 0 Å². The van der Waals surface area contributed by atoms with Crippen LogP contribution in [0.2, 0.25) is 0 Å². The number of aliphatic hydroxyl groups is 2. The predicted octanol–water partition coefficient (Wildman–Crippen LogP) is 10.4. The van der Waals surface area contributed by atoms with Crippen LogP contribution in [0.15, 0.2) is 107 Å². The molecule has 8 rings (SSSR count). The van der Waals surface area contributed by atoms with Crippen LogP contribution in [0.5, 0.6) is 5.75 Å². The van der Waals surface area contributed by atoms with Crippen molar-refractivity contribution in [2.45, 2.75) is 87.7 Å². The van der Waals surface area contributed by atoms with E-state index in [1.807, 2.05) is 73.7 Å². The summed E-state index contributed by atoms with van der Waals surface area (Å²) in [5.74, 6) is 1.33. The molecule has 0 saturated heterocycles. The molecule has 51 heavy (non-hydrogen) atoms. The Morgan fingerprint density at radius 1 is 0.980 bits per heavy atom. The molecule has 264 valence electrons. The molecule has 0 aliphatic heterocycles. The van der Waals surface area contributed by atoms with E-state index in [1.165, 1.54) is 5.57 Å². The summed E-state index contributed by atoms with van der Waals surface area (Å²) in [6.45, 7) is 6.99. The van der Waals surface area contributed by atoms with E-state index >= 15 is 0 Å². The van der Waals surface area contributed by atoms with Crippen molar-refractivity contribution < 1.29 is 19.7 Å². The zero-order valence-electron chi connectivity index (χ0n) is 29.7. The van der Waals surface area contributed by atoms with Crippen LogP contribution in [0, 0.1) is 5.41 Å². The monoisotopic (exact) mass is 717 g/mol. The molecule has 1 saturated carbocycles. The summed E-state index contributed by atoms with van der Waals surface area (Å²) in [5, 5.41) is 23.7. The number of carbonyl (C=O) groups is 1. The Balaban J connectivity index is 1.23. The lowest BCUT2D eigenvalue weighted by atomic mass is 9.65. The number of fused-ring (bicyclic) bond motifs is 9. The maximum atomic E-state index is 14.5. The van der Waals surface area contributed by atoms with Gasteiger partial charge in [0.15, 0.2) is 10.1 Å². The molecule has 1 fully saturated rings. The van der Waals surface area contributed by atoms with Gasteiger partial charge < -0.3 is 14.9 Å². The van der Waals surface area contributed by atoms with Crippen molar-refractivity contribution in [1.82, 2.24) is 4.98 Å². The number of rotatable bonds is 8. The molecule has 0 radical (unpaired) electrons. The Labute approximate surface area is 309 Å². The van der Waals surface area contributed by atoms with Crippen LogP contribution in [0.25, 0.3) is 21.3 Å². The van der Waals surface area contributed by atoms with E-state index in [0.717, 1.165) is 68.2 Å². The van der Waals surface area contributed by atoms with Crippen LogP contribution >= 0.6 is 23.1 Å². The lowest BCUT2D eigenvalue weighted by Gasteiger charge is -2.44. The summed E-state index contributed by atoms with van der Waals surface area (Å²) in [4.78, 5) is 19.4. The van der Waals surface area contributed by atoms with Crippen LogP contribution in [0.3, 0.4) is 0 Å². The van der Waals surface area contributed by atoms with Crippen LogP contribution < -0.4 is 4.74 Å². The van der Waals surface area contributed by atoms with Crippen LogP contribution in [0.4, 0.5) is 0 Å². The molecule has 1 aromatic heterocycles. The van der Waals surface area contributed by atoms with E-state index < -0.39 is 17.1 Å². The van der Waals surface area contributed by atoms with Crippen molar-refractivity contribution in [2.24, 2.45) is 5.41 Å². The van der Waals surface area contributed by atoms with Crippen molar-refractivity contribution in [3.05, 3.63) is 125 Å². The zero-order chi connectivity index (χ0) is 35.6. The summed E-state index contributed by atoms with van der Waals surface area (Å²) in [6.07, 6.45) is 6.83. The van der Waals surface area contributed by atoms with Gasteiger partial charge >= 0.3 is 0 Å². The van der Waals surface area contributed by atoms with Crippen molar-refractivity contribution in [3.8, 4) is 16.9 Å². The Bertz CT molecular complexity index is 2040. The highest BCUT2D eigenvalue weighted by Crippen LogP contribution is 2.60. The van der Waals surface area contributed by atoms with Crippen molar-refractivity contribution in [2.75, 3.05) is 12.4 Å². The van der Waals surface area contributed by atoms with Gasteiger partial charge in [0.25, 0.3) is 0 Å². The standard InChI is InChI=1S/C44H47NO4S2/c1-4-49-35-19-21-39-40(27-35)51-42(45-39)50-28-44(48)24-22-38-36-20-13-30(25-34(46)18-12-29(2)9-8-23-43(38,44)3)26-37(36)41(47)33-16-14-32(15-17-33)31-10-6-5-7-11-31/h5-7,9-11,13-17,19-21,26-27,34,38,46,48H,4,8,12,18,22-25,28H2,1-3H3. The first kappa shape index (κ1) is 35.6. The summed E-state index contributed by atoms with van der Waals surface area (Å²) in [7, 11) is 0. The van der Waals surface area contributed by atoms with Crippen LogP contribution in [-0.4, -0.2) is 45.0 Å². The van der Waals surface area contributed by atoms with E-state index in [1.54, 1.807) is 23.1 Å². The SMILES string of the molecule is CCOc1ccc2nc(SCC3(O)CCC4c5ccc(cc5C(=O)c5ccc(-c6ccccc6)cc5)CC(O)CCC(C)=CCCC43C)sc2c1. The van der Waals surface area contributed by atoms with Crippen molar-refractivity contribution >= 4 is 39.1 Å². The second-order valence-corrected chi connectivity index (χ2v) is 16.8. The smallest absolute Gasteiger partial charge is 0.193 e. The van der Waals surface area contributed by atoms with E-state index in [4.69, 9.17) is 9.72 Å². The number of hydrogen-bond acceptors (Lipinski definition) is 7. The van der Waals surface area contributed by atoms with Crippen molar-refractivity contribution in [1.29, 1.82) is 0 Å². The third kappa shape index (κ3) is 7.45. The third-order valence-electron chi connectivity index (χ3n) is 11.3. The number of ether oxygens (including phenoxy) is 1. The van der Waals surface area contributed by atoms with E-state index in [9.17, 15) is 15.0 Å². The molecule has 4 unspecified atom stereocenters. The largest absolute Gasteiger partial charge is 0.494 e. The molecule has 2 N–H and O–H groups in total. The molecule has 0 amide bonds. The first-order valence-corrected chi connectivity index (χ1v) is 20.0. The van der Waals surface area contributed by atoms with Gasteiger partial charge in [-0.15, -0.1) is 11.3 Å². The number of thiazole rings is 1. The maximum Gasteiger partial charge on any atom is 0.193 e. The van der Waals surface area contributed by atoms with Gasteiger partial charge in [-0.1, -0.05) is 97.1 Å². The minimum Gasteiger partial charge on any atom is -0.494 e. The number of carbonyl (C=O) groups excluding carboxylic acids is 1. The number of hydrogen-bond donors (Lipinski definition) is 2. The van der Waals surface area contributed by atoms with Crippen LogP contribution in [-0.2, 0) is 6.42 Å². The number of allylic oxidation sites excluding steroid dienone is 2. The fourth-order valence-corrected chi connectivity index (χ4v) is 10.6. The van der Waals surface area contributed by atoms with E-state index in [2.05, 4.69) is 44.2 Å². The van der Waals surface area contributed by atoms with Gasteiger partial charge in [-0.2, -0.15) is 0 Å². The highest BCUT2D eigenvalue weighted by atomic mass is 32.2. The highest BCUT2D eigenvalue weighted by molar-refractivity contribution is 8.01. The molecule has 3 aliphatic rings. The molecule has 5 nitrogen and oxygen atoms in total. The van der Waals surface area contributed by atoms with E-state index in [-0.39, 0.29) is 11.7 Å². The zero-order valence-corrected chi connectivity index (χ0v) is 31.4. The Morgan fingerprint density at radius 3 is 2.55 bits per heavy atom. The fourth-order valence-electron chi connectivity index (χ4n) is 8.16. The number of aromatic nitrogens is 1. The number of thioether (sulfide) groups is 1. The number of ketones is 1.